The van der Waals surface area contributed by atoms with Crippen molar-refractivity contribution >= 4 is 46.3 Å². The predicted molar refractivity (Wildman–Crippen MR) is 124 cm³/mol. The highest BCUT2D eigenvalue weighted by Crippen LogP contribution is 2.32. The van der Waals surface area contributed by atoms with Crippen molar-refractivity contribution in [1.82, 2.24) is 10.2 Å². The van der Waals surface area contributed by atoms with Crippen molar-refractivity contribution in [2.75, 3.05) is 51.3 Å². The minimum atomic E-state index is 0. The van der Waals surface area contributed by atoms with Gasteiger partial charge in [0.1, 0.15) is 5.75 Å². The molecule has 5 nitrogen and oxygen atoms in total. The van der Waals surface area contributed by atoms with E-state index >= 15 is 0 Å². The van der Waals surface area contributed by atoms with Crippen molar-refractivity contribution in [2.24, 2.45) is 4.99 Å². The SMILES string of the molecule is CN=C(NCC1CCOc2ccccc21)N1CCN(c2cccs2)CC1.I. The molecule has 7 heteroatoms. The molecule has 4 rings (SSSR count). The Balaban J connectivity index is 0.00000210. The highest BCUT2D eigenvalue weighted by molar-refractivity contribution is 14.0. The summed E-state index contributed by atoms with van der Waals surface area (Å²) in [7, 11) is 1.88. The summed E-state index contributed by atoms with van der Waals surface area (Å²) >= 11 is 1.82. The standard InChI is InChI=1S/C20H26N4OS.HI/c1-21-20(24-11-9-23(10-12-24)19-7-4-14-26-19)22-15-16-8-13-25-18-6-3-2-5-17(16)18;/h2-7,14,16H,8-13,15H2,1H3,(H,21,22);1H. The minimum Gasteiger partial charge on any atom is -0.493 e. The van der Waals surface area contributed by atoms with Crippen LogP contribution in [0, 0.1) is 0 Å². The molecule has 0 spiro atoms. The van der Waals surface area contributed by atoms with E-state index in [9.17, 15) is 0 Å². The molecule has 1 saturated heterocycles. The Kier molecular flexibility index (Phi) is 7.23. The lowest BCUT2D eigenvalue weighted by Crippen LogP contribution is -2.53. The smallest absolute Gasteiger partial charge is 0.193 e. The van der Waals surface area contributed by atoms with Crippen molar-refractivity contribution in [3.8, 4) is 5.75 Å². The zero-order valence-electron chi connectivity index (χ0n) is 15.6. The minimum absolute atomic E-state index is 0. The third kappa shape index (κ3) is 4.68. The van der Waals surface area contributed by atoms with E-state index in [2.05, 4.69) is 55.8 Å². The van der Waals surface area contributed by atoms with Gasteiger partial charge in [0.25, 0.3) is 0 Å². The van der Waals surface area contributed by atoms with E-state index in [1.54, 1.807) is 0 Å². The van der Waals surface area contributed by atoms with E-state index in [0.717, 1.165) is 57.5 Å². The molecule has 1 atom stereocenters. The van der Waals surface area contributed by atoms with Crippen molar-refractivity contribution in [3.63, 3.8) is 0 Å². The second-order valence-corrected chi connectivity index (χ2v) is 7.65. The molecule has 0 amide bonds. The molecule has 1 aromatic heterocycles. The molecule has 0 bridgehead atoms. The molecule has 27 heavy (non-hydrogen) atoms. The summed E-state index contributed by atoms with van der Waals surface area (Å²) in [5, 5.41) is 7.12. The van der Waals surface area contributed by atoms with Gasteiger partial charge in [-0.2, -0.15) is 0 Å². The van der Waals surface area contributed by atoms with Gasteiger partial charge < -0.3 is 19.9 Å². The molecule has 1 unspecified atom stereocenters. The second kappa shape index (κ2) is 9.64. The van der Waals surface area contributed by atoms with Crippen LogP contribution in [0.25, 0.3) is 0 Å². The van der Waals surface area contributed by atoms with Gasteiger partial charge in [-0.05, 0) is 35.6 Å². The molecule has 3 heterocycles. The van der Waals surface area contributed by atoms with Crippen LogP contribution < -0.4 is 15.0 Å². The van der Waals surface area contributed by atoms with E-state index in [1.807, 2.05) is 24.5 Å². The third-order valence-electron chi connectivity index (χ3n) is 5.20. The fourth-order valence-electron chi connectivity index (χ4n) is 3.76. The molecular weight excluding hydrogens is 471 g/mol. The Bertz CT molecular complexity index is 744. The lowest BCUT2D eigenvalue weighted by Gasteiger charge is -2.37. The Labute approximate surface area is 182 Å². The number of aliphatic imine (C=N–C) groups is 1. The zero-order chi connectivity index (χ0) is 17.8. The van der Waals surface area contributed by atoms with Crippen LogP contribution in [0.1, 0.15) is 17.9 Å². The molecule has 1 aromatic carbocycles. The maximum absolute atomic E-state index is 5.78. The van der Waals surface area contributed by atoms with Crippen LogP contribution in [0.5, 0.6) is 5.75 Å². The van der Waals surface area contributed by atoms with Gasteiger partial charge in [-0.15, -0.1) is 35.3 Å². The number of fused-ring (bicyclic) bond motifs is 1. The number of hydrogen-bond donors (Lipinski definition) is 1. The molecule has 1 N–H and O–H groups in total. The third-order valence-corrected chi connectivity index (χ3v) is 6.13. The Morgan fingerprint density at radius 1 is 1.19 bits per heavy atom. The summed E-state index contributed by atoms with van der Waals surface area (Å²) in [5.41, 5.74) is 1.31. The Morgan fingerprint density at radius 3 is 2.74 bits per heavy atom. The normalized spacial score (nSPS) is 19.7. The number of nitrogens with zero attached hydrogens (tertiary/aromatic N) is 3. The second-order valence-electron chi connectivity index (χ2n) is 6.73. The number of rotatable bonds is 3. The summed E-state index contributed by atoms with van der Waals surface area (Å²) < 4.78 is 5.78. The number of nitrogens with one attached hydrogen (secondary N) is 1. The van der Waals surface area contributed by atoms with Crippen molar-refractivity contribution in [2.45, 2.75) is 12.3 Å². The number of para-hydroxylation sites is 1. The maximum Gasteiger partial charge on any atom is 0.193 e. The van der Waals surface area contributed by atoms with E-state index < -0.39 is 0 Å². The maximum atomic E-state index is 5.78. The van der Waals surface area contributed by atoms with Crippen LogP contribution in [0.15, 0.2) is 46.8 Å². The zero-order valence-corrected chi connectivity index (χ0v) is 18.8. The van der Waals surface area contributed by atoms with Crippen LogP contribution in [0.2, 0.25) is 0 Å². The Morgan fingerprint density at radius 2 is 2.00 bits per heavy atom. The van der Waals surface area contributed by atoms with Crippen molar-refractivity contribution < 1.29 is 4.74 Å². The average Bonchev–Trinajstić information content (AvgIpc) is 3.24. The molecule has 2 aromatic rings. The molecule has 146 valence electrons. The first-order chi connectivity index (χ1) is 12.8. The van der Waals surface area contributed by atoms with Gasteiger partial charge in [0, 0.05) is 45.7 Å². The number of anilines is 1. The fraction of sp³-hybridized carbons (Fsp3) is 0.450. The van der Waals surface area contributed by atoms with Crippen molar-refractivity contribution in [3.05, 3.63) is 47.3 Å². The first-order valence-electron chi connectivity index (χ1n) is 9.31. The Hall–Kier alpha value is -1.48. The summed E-state index contributed by atoms with van der Waals surface area (Å²) in [6, 6.07) is 12.7. The van der Waals surface area contributed by atoms with E-state index in [4.69, 9.17) is 4.74 Å². The molecule has 1 fully saturated rings. The van der Waals surface area contributed by atoms with Gasteiger partial charge >= 0.3 is 0 Å². The van der Waals surface area contributed by atoms with Crippen LogP contribution >= 0.6 is 35.3 Å². The quantitative estimate of drug-likeness (QED) is 0.399. The van der Waals surface area contributed by atoms with Crippen molar-refractivity contribution in [1.29, 1.82) is 0 Å². The number of benzene rings is 1. The number of hydrogen-bond acceptors (Lipinski definition) is 4. The summed E-state index contributed by atoms with van der Waals surface area (Å²) in [5.74, 6) is 2.52. The number of piperazine rings is 1. The highest BCUT2D eigenvalue weighted by atomic mass is 127. The van der Waals surface area contributed by atoms with Gasteiger partial charge in [0.15, 0.2) is 5.96 Å². The summed E-state index contributed by atoms with van der Waals surface area (Å²) in [6.45, 7) is 5.78. The van der Waals surface area contributed by atoms with Crippen LogP contribution in [-0.4, -0.2) is 57.2 Å². The number of guanidine groups is 1. The summed E-state index contributed by atoms with van der Waals surface area (Å²) in [6.07, 6.45) is 1.05. The molecule has 0 radical (unpaired) electrons. The number of thiophene rings is 1. The van der Waals surface area contributed by atoms with E-state index in [-0.39, 0.29) is 24.0 Å². The average molecular weight is 498 g/mol. The fourth-order valence-corrected chi connectivity index (χ4v) is 4.55. The van der Waals surface area contributed by atoms with Crippen LogP contribution in [0.4, 0.5) is 5.00 Å². The van der Waals surface area contributed by atoms with Crippen LogP contribution in [-0.2, 0) is 0 Å². The monoisotopic (exact) mass is 498 g/mol. The highest BCUT2D eigenvalue weighted by Gasteiger charge is 2.24. The lowest BCUT2D eigenvalue weighted by molar-refractivity contribution is 0.266. The van der Waals surface area contributed by atoms with Gasteiger partial charge in [0.05, 0.1) is 11.6 Å². The van der Waals surface area contributed by atoms with E-state index in [0.29, 0.717) is 5.92 Å². The molecule has 2 aliphatic rings. The predicted octanol–water partition coefficient (Wildman–Crippen LogP) is 3.63. The van der Waals surface area contributed by atoms with Crippen LogP contribution in [0.3, 0.4) is 0 Å². The molecular formula is C20H27IN4OS. The topological polar surface area (TPSA) is 40.1 Å². The van der Waals surface area contributed by atoms with Gasteiger partial charge in [-0.1, -0.05) is 18.2 Å². The molecule has 2 aliphatic heterocycles. The largest absolute Gasteiger partial charge is 0.493 e. The van der Waals surface area contributed by atoms with E-state index in [1.165, 1.54) is 10.6 Å². The first-order valence-corrected chi connectivity index (χ1v) is 10.2. The molecule has 0 aliphatic carbocycles. The van der Waals surface area contributed by atoms with Gasteiger partial charge in [-0.25, -0.2) is 0 Å². The lowest BCUT2D eigenvalue weighted by atomic mass is 9.93. The van der Waals surface area contributed by atoms with Gasteiger partial charge in [-0.3, -0.25) is 4.99 Å². The first kappa shape index (κ1) is 20.3. The molecule has 0 saturated carbocycles. The number of halogens is 1. The van der Waals surface area contributed by atoms with Gasteiger partial charge in [0.2, 0.25) is 0 Å². The number of ether oxygens (including phenoxy) is 1. The summed E-state index contributed by atoms with van der Waals surface area (Å²) in [4.78, 5) is 9.36.